The van der Waals surface area contributed by atoms with Gasteiger partial charge in [-0.3, -0.25) is 9.59 Å². The van der Waals surface area contributed by atoms with E-state index in [1.54, 1.807) is 4.90 Å². The summed E-state index contributed by atoms with van der Waals surface area (Å²) < 4.78 is 5.09. The number of aryl methyl sites for hydroxylation is 2. The fourth-order valence-corrected chi connectivity index (χ4v) is 2.77. The summed E-state index contributed by atoms with van der Waals surface area (Å²) in [7, 11) is 0. The molecule has 1 atom stereocenters. The third kappa shape index (κ3) is 3.85. The van der Waals surface area contributed by atoms with Crippen LogP contribution >= 0.6 is 0 Å². The minimum absolute atomic E-state index is 0.0136. The Balaban J connectivity index is 1.94. The lowest BCUT2D eigenvalue weighted by Crippen LogP contribution is -2.46. The van der Waals surface area contributed by atoms with Crippen molar-refractivity contribution in [3.05, 3.63) is 17.0 Å². The van der Waals surface area contributed by atoms with Crippen LogP contribution in [-0.4, -0.2) is 48.0 Å². The highest BCUT2D eigenvalue weighted by Crippen LogP contribution is 2.19. The van der Waals surface area contributed by atoms with Gasteiger partial charge in [-0.05, 0) is 26.7 Å². The molecule has 1 aromatic heterocycles. The quantitative estimate of drug-likeness (QED) is 0.806. The van der Waals surface area contributed by atoms with E-state index in [0.717, 1.165) is 24.1 Å². The number of nitrogens with zero attached hydrogens (tertiary/aromatic N) is 2. The smallest absolute Gasteiger partial charge is 0.227 e. The number of carbonyl (C=O) groups excluding carboxylic acids is 2. The van der Waals surface area contributed by atoms with Gasteiger partial charge in [-0.2, -0.15) is 0 Å². The van der Waals surface area contributed by atoms with Gasteiger partial charge >= 0.3 is 0 Å². The van der Waals surface area contributed by atoms with Gasteiger partial charge in [0.2, 0.25) is 11.8 Å². The molecule has 0 aliphatic carbocycles. The van der Waals surface area contributed by atoms with E-state index in [0.29, 0.717) is 31.9 Å². The molecule has 1 unspecified atom stereocenters. The van der Waals surface area contributed by atoms with Crippen LogP contribution in [-0.2, 0) is 16.0 Å². The third-order valence-electron chi connectivity index (χ3n) is 4.10. The molecule has 0 spiro atoms. The van der Waals surface area contributed by atoms with E-state index in [9.17, 15) is 9.59 Å². The maximum atomic E-state index is 12.5. The molecule has 1 aromatic rings. The predicted octanol–water partition coefficient (Wildman–Crippen LogP) is 0.147. The average Bonchev–Trinajstić information content (AvgIpc) is 2.84. The summed E-state index contributed by atoms with van der Waals surface area (Å²) in [5, 5.41) is 6.67. The van der Waals surface area contributed by atoms with E-state index in [-0.39, 0.29) is 24.2 Å². The van der Waals surface area contributed by atoms with Crippen LogP contribution in [0.15, 0.2) is 4.52 Å². The maximum Gasteiger partial charge on any atom is 0.227 e. The number of nitrogens with two attached hydrogens (primary N) is 1. The predicted molar refractivity (Wildman–Crippen MR) is 81.0 cm³/mol. The Kier molecular flexibility index (Phi) is 5.54. The summed E-state index contributed by atoms with van der Waals surface area (Å²) in [4.78, 5) is 26.2. The van der Waals surface area contributed by atoms with Gasteiger partial charge in [0.15, 0.2) is 0 Å². The maximum absolute atomic E-state index is 12.5. The highest BCUT2D eigenvalue weighted by Gasteiger charge is 2.28. The average molecular weight is 308 g/mol. The number of hydrogen-bond acceptors (Lipinski definition) is 5. The summed E-state index contributed by atoms with van der Waals surface area (Å²) in [5.74, 6) is 0.542. The van der Waals surface area contributed by atoms with E-state index in [4.69, 9.17) is 10.3 Å². The largest absolute Gasteiger partial charge is 0.361 e. The molecule has 1 aliphatic heterocycles. The molecule has 22 heavy (non-hydrogen) atoms. The lowest BCUT2D eigenvalue weighted by molar-refractivity contribution is -0.135. The second-order valence-corrected chi connectivity index (χ2v) is 5.74. The van der Waals surface area contributed by atoms with E-state index < -0.39 is 0 Å². The summed E-state index contributed by atoms with van der Waals surface area (Å²) in [6.45, 7) is 5.71. The summed E-state index contributed by atoms with van der Waals surface area (Å²) in [5.41, 5.74) is 6.99. The van der Waals surface area contributed by atoms with E-state index in [1.165, 1.54) is 0 Å². The second-order valence-electron chi connectivity index (χ2n) is 5.74. The van der Waals surface area contributed by atoms with Crippen molar-refractivity contribution in [2.75, 3.05) is 26.2 Å². The third-order valence-corrected chi connectivity index (χ3v) is 4.10. The number of carbonyl (C=O) groups is 2. The molecule has 1 fully saturated rings. The standard InChI is InChI=1S/C15H24N4O3/c1-10-13(11(2)22-18-10)8-14(20)19-7-3-4-12(9-19)15(21)17-6-5-16/h12H,3-9,16H2,1-2H3,(H,17,21). The normalized spacial score (nSPS) is 18.3. The first-order valence-electron chi connectivity index (χ1n) is 7.70. The van der Waals surface area contributed by atoms with Crippen molar-refractivity contribution in [1.29, 1.82) is 0 Å². The zero-order valence-electron chi connectivity index (χ0n) is 13.2. The number of amides is 2. The summed E-state index contributed by atoms with van der Waals surface area (Å²) >= 11 is 0. The van der Waals surface area contributed by atoms with Crippen LogP contribution in [0.25, 0.3) is 0 Å². The van der Waals surface area contributed by atoms with E-state index >= 15 is 0 Å². The zero-order valence-corrected chi connectivity index (χ0v) is 13.2. The highest BCUT2D eigenvalue weighted by molar-refractivity contribution is 5.82. The minimum atomic E-state index is -0.145. The number of nitrogens with one attached hydrogen (secondary N) is 1. The molecule has 0 radical (unpaired) electrons. The summed E-state index contributed by atoms with van der Waals surface area (Å²) in [6, 6.07) is 0. The Morgan fingerprint density at radius 2 is 2.23 bits per heavy atom. The lowest BCUT2D eigenvalue weighted by Gasteiger charge is -2.32. The van der Waals surface area contributed by atoms with Gasteiger partial charge in [-0.15, -0.1) is 0 Å². The molecule has 7 nitrogen and oxygen atoms in total. The molecule has 0 aromatic carbocycles. The van der Waals surface area contributed by atoms with Crippen LogP contribution < -0.4 is 11.1 Å². The monoisotopic (exact) mass is 308 g/mol. The number of hydrogen-bond donors (Lipinski definition) is 2. The molecular formula is C15H24N4O3. The van der Waals surface area contributed by atoms with Crippen molar-refractivity contribution >= 4 is 11.8 Å². The molecule has 122 valence electrons. The van der Waals surface area contributed by atoms with Crippen molar-refractivity contribution in [1.82, 2.24) is 15.4 Å². The van der Waals surface area contributed by atoms with E-state index in [1.807, 2.05) is 13.8 Å². The van der Waals surface area contributed by atoms with Gasteiger partial charge in [0, 0.05) is 31.7 Å². The molecule has 2 heterocycles. The van der Waals surface area contributed by atoms with Crippen molar-refractivity contribution < 1.29 is 14.1 Å². The number of piperidine rings is 1. The second kappa shape index (κ2) is 7.40. The van der Waals surface area contributed by atoms with Crippen molar-refractivity contribution in [2.24, 2.45) is 11.7 Å². The van der Waals surface area contributed by atoms with Gasteiger partial charge in [-0.25, -0.2) is 0 Å². The Bertz CT molecular complexity index is 521. The van der Waals surface area contributed by atoms with Crippen LogP contribution in [0.2, 0.25) is 0 Å². The first-order chi connectivity index (χ1) is 10.5. The van der Waals surface area contributed by atoms with Crippen LogP contribution in [0.4, 0.5) is 0 Å². The fraction of sp³-hybridized carbons (Fsp3) is 0.667. The molecular weight excluding hydrogens is 284 g/mol. The van der Waals surface area contributed by atoms with Crippen LogP contribution in [0.1, 0.15) is 29.9 Å². The Morgan fingerprint density at radius 3 is 2.86 bits per heavy atom. The zero-order chi connectivity index (χ0) is 16.1. The van der Waals surface area contributed by atoms with Gasteiger partial charge < -0.3 is 20.5 Å². The van der Waals surface area contributed by atoms with Gasteiger partial charge in [0.05, 0.1) is 18.0 Å². The fourth-order valence-electron chi connectivity index (χ4n) is 2.77. The molecule has 2 rings (SSSR count). The Labute approximate surface area is 130 Å². The van der Waals surface area contributed by atoms with E-state index in [2.05, 4.69) is 10.5 Å². The molecule has 2 amide bonds. The Hall–Kier alpha value is -1.89. The van der Waals surface area contributed by atoms with Crippen molar-refractivity contribution in [2.45, 2.75) is 33.1 Å². The lowest BCUT2D eigenvalue weighted by atomic mass is 9.96. The number of likely N-dealkylation sites (tertiary alicyclic amines) is 1. The molecule has 0 bridgehead atoms. The van der Waals surface area contributed by atoms with Crippen LogP contribution in [0, 0.1) is 19.8 Å². The SMILES string of the molecule is Cc1noc(C)c1CC(=O)N1CCCC(C(=O)NCCN)C1. The molecule has 0 saturated carbocycles. The van der Waals surface area contributed by atoms with Crippen LogP contribution in [0.3, 0.4) is 0 Å². The van der Waals surface area contributed by atoms with Gasteiger partial charge in [-0.1, -0.05) is 5.16 Å². The van der Waals surface area contributed by atoms with Crippen LogP contribution in [0.5, 0.6) is 0 Å². The first kappa shape index (κ1) is 16.5. The van der Waals surface area contributed by atoms with Gasteiger partial charge in [0.25, 0.3) is 0 Å². The van der Waals surface area contributed by atoms with Gasteiger partial charge in [0.1, 0.15) is 5.76 Å². The number of rotatable bonds is 5. The first-order valence-corrected chi connectivity index (χ1v) is 7.70. The topological polar surface area (TPSA) is 101 Å². The minimum Gasteiger partial charge on any atom is -0.361 e. The van der Waals surface area contributed by atoms with Crippen molar-refractivity contribution in [3.63, 3.8) is 0 Å². The molecule has 7 heteroatoms. The van der Waals surface area contributed by atoms with Crippen molar-refractivity contribution in [3.8, 4) is 0 Å². The molecule has 3 N–H and O–H groups in total. The Morgan fingerprint density at radius 1 is 1.45 bits per heavy atom. The number of aromatic nitrogens is 1. The summed E-state index contributed by atoms with van der Waals surface area (Å²) in [6.07, 6.45) is 1.93. The highest BCUT2D eigenvalue weighted by atomic mass is 16.5. The molecule has 1 saturated heterocycles. The molecule has 1 aliphatic rings.